The normalized spacial score (nSPS) is 11.5. The second kappa shape index (κ2) is 9.75. The van der Waals surface area contributed by atoms with Crippen molar-refractivity contribution >= 4 is 29.0 Å². The first kappa shape index (κ1) is 20.4. The van der Waals surface area contributed by atoms with Crippen LogP contribution in [-0.4, -0.2) is 17.4 Å². The van der Waals surface area contributed by atoms with Crippen molar-refractivity contribution in [3.8, 4) is 5.75 Å². The van der Waals surface area contributed by atoms with Gasteiger partial charge in [-0.05, 0) is 36.8 Å². The summed E-state index contributed by atoms with van der Waals surface area (Å²) in [5, 5.41) is 13.6. The Labute approximate surface area is 173 Å². The molecule has 0 saturated carbocycles. The minimum Gasteiger partial charge on any atom is -0.494 e. The van der Waals surface area contributed by atoms with Gasteiger partial charge in [0.05, 0.1) is 17.6 Å². The zero-order valence-electron chi connectivity index (χ0n) is 15.8. The van der Waals surface area contributed by atoms with Gasteiger partial charge in [0.2, 0.25) is 5.91 Å². The largest absolute Gasteiger partial charge is 0.494 e. The molecule has 0 unspecified atom stereocenters. The Balaban J connectivity index is 1.89. The number of ether oxygens (including phenoxy) is 1. The van der Waals surface area contributed by atoms with Crippen LogP contribution in [0.1, 0.15) is 17.7 Å². The third kappa shape index (κ3) is 5.36. The number of nitrogens with one attached hydrogen (secondary N) is 1. The van der Waals surface area contributed by atoms with Crippen molar-refractivity contribution in [1.82, 2.24) is 0 Å². The number of amides is 1. The maximum Gasteiger partial charge on any atom is 0.296 e. The van der Waals surface area contributed by atoms with E-state index in [0.717, 1.165) is 10.5 Å². The van der Waals surface area contributed by atoms with Crippen LogP contribution < -0.4 is 10.1 Å². The molecule has 1 N–H and O–H groups in total. The number of hydrogen-bond donors (Lipinski definition) is 1. The smallest absolute Gasteiger partial charge is 0.296 e. The summed E-state index contributed by atoms with van der Waals surface area (Å²) in [7, 11) is 0. The van der Waals surface area contributed by atoms with Gasteiger partial charge in [-0.2, -0.15) is 0 Å². The fourth-order valence-corrected chi connectivity index (χ4v) is 3.80. The van der Waals surface area contributed by atoms with E-state index in [0.29, 0.717) is 12.4 Å². The summed E-state index contributed by atoms with van der Waals surface area (Å²) in [5.74, 6) is 0.0489. The first-order chi connectivity index (χ1) is 14.1. The minimum atomic E-state index is -0.565. The third-order valence-corrected chi connectivity index (χ3v) is 5.34. The molecule has 29 heavy (non-hydrogen) atoms. The molecule has 7 heteroatoms. The number of anilines is 1. The molecule has 0 spiro atoms. The van der Waals surface area contributed by atoms with Gasteiger partial charge in [-0.25, -0.2) is 0 Å². The van der Waals surface area contributed by atoms with Gasteiger partial charge in [-0.3, -0.25) is 14.9 Å². The van der Waals surface area contributed by atoms with Crippen LogP contribution in [0.3, 0.4) is 0 Å². The first-order valence-corrected chi connectivity index (χ1v) is 9.95. The number of carbonyl (C=O) groups is 1. The summed E-state index contributed by atoms with van der Waals surface area (Å²) in [6.07, 6.45) is 0. The van der Waals surface area contributed by atoms with Crippen LogP contribution in [0.5, 0.6) is 5.75 Å². The number of nitro benzene ring substituents is 1. The Morgan fingerprint density at radius 3 is 2.34 bits per heavy atom. The first-order valence-electron chi connectivity index (χ1n) is 9.07. The Hall–Kier alpha value is -3.32. The Morgan fingerprint density at radius 1 is 1.07 bits per heavy atom. The van der Waals surface area contributed by atoms with E-state index in [1.54, 1.807) is 13.0 Å². The molecule has 0 aliphatic carbocycles. The van der Waals surface area contributed by atoms with Crippen molar-refractivity contribution in [3.63, 3.8) is 0 Å². The van der Waals surface area contributed by atoms with Crippen molar-refractivity contribution in [1.29, 1.82) is 0 Å². The van der Waals surface area contributed by atoms with E-state index >= 15 is 0 Å². The predicted molar refractivity (Wildman–Crippen MR) is 114 cm³/mol. The number of benzene rings is 3. The summed E-state index contributed by atoms with van der Waals surface area (Å²) in [6, 6.07) is 23.3. The van der Waals surface area contributed by atoms with Crippen LogP contribution in [0.15, 0.2) is 83.8 Å². The molecule has 0 fully saturated rings. The molecular weight excluding hydrogens is 388 g/mol. The van der Waals surface area contributed by atoms with E-state index in [1.165, 1.54) is 23.9 Å². The monoisotopic (exact) mass is 408 g/mol. The van der Waals surface area contributed by atoms with Crippen LogP contribution >= 0.6 is 11.8 Å². The molecule has 0 aromatic heterocycles. The molecule has 0 saturated heterocycles. The molecule has 3 rings (SSSR count). The highest BCUT2D eigenvalue weighted by atomic mass is 32.2. The summed E-state index contributed by atoms with van der Waals surface area (Å²) in [4.78, 5) is 25.0. The van der Waals surface area contributed by atoms with Crippen molar-refractivity contribution in [2.45, 2.75) is 17.1 Å². The average Bonchev–Trinajstić information content (AvgIpc) is 2.74. The minimum absolute atomic E-state index is 0.137. The lowest BCUT2D eigenvalue weighted by Gasteiger charge is -2.17. The topological polar surface area (TPSA) is 81.5 Å². The van der Waals surface area contributed by atoms with Crippen LogP contribution in [0, 0.1) is 10.1 Å². The standard InChI is InChI=1S/C22H20N2O4S/c1-2-28-17-13-14-19(20(15-17)24(26)27)23-22(25)21(16-9-5-3-6-10-16)29-18-11-7-4-8-12-18/h3-15,21H,2H2,1H3,(H,23,25)/t21-/m0/s1. The quantitative estimate of drug-likeness (QED) is 0.304. The molecule has 0 bridgehead atoms. The van der Waals surface area contributed by atoms with Crippen LogP contribution in [0.2, 0.25) is 0 Å². The van der Waals surface area contributed by atoms with Crippen LogP contribution in [0.25, 0.3) is 0 Å². The predicted octanol–water partition coefficient (Wildman–Crippen LogP) is 5.47. The molecular formula is C22H20N2O4S. The second-order valence-corrected chi connectivity index (χ2v) is 7.26. The van der Waals surface area contributed by atoms with Gasteiger partial charge in [0.15, 0.2) is 0 Å². The summed E-state index contributed by atoms with van der Waals surface area (Å²) in [5.41, 5.74) is 0.742. The van der Waals surface area contributed by atoms with E-state index in [-0.39, 0.29) is 17.3 Å². The van der Waals surface area contributed by atoms with Gasteiger partial charge in [0, 0.05) is 4.90 Å². The molecule has 0 aliphatic rings. The Bertz CT molecular complexity index is 981. The Kier molecular flexibility index (Phi) is 6.86. The zero-order valence-corrected chi connectivity index (χ0v) is 16.6. The average molecular weight is 408 g/mol. The molecule has 1 atom stereocenters. The van der Waals surface area contributed by atoms with E-state index < -0.39 is 10.2 Å². The van der Waals surface area contributed by atoms with Gasteiger partial charge < -0.3 is 10.1 Å². The highest BCUT2D eigenvalue weighted by Gasteiger charge is 2.25. The van der Waals surface area contributed by atoms with E-state index in [2.05, 4.69) is 5.32 Å². The van der Waals surface area contributed by atoms with Crippen molar-refractivity contribution < 1.29 is 14.5 Å². The van der Waals surface area contributed by atoms with Crippen LogP contribution in [0.4, 0.5) is 11.4 Å². The number of carbonyl (C=O) groups excluding carboxylic acids is 1. The highest BCUT2D eigenvalue weighted by molar-refractivity contribution is 8.00. The van der Waals surface area contributed by atoms with Crippen molar-refractivity contribution in [2.75, 3.05) is 11.9 Å². The lowest BCUT2D eigenvalue weighted by molar-refractivity contribution is -0.384. The van der Waals surface area contributed by atoms with Gasteiger partial charge in [0.25, 0.3) is 5.69 Å². The summed E-state index contributed by atoms with van der Waals surface area (Å²) >= 11 is 1.39. The van der Waals surface area contributed by atoms with Gasteiger partial charge in [-0.1, -0.05) is 48.5 Å². The van der Waals surface area contributed by atoms with Crippen molar-refractivity contribution in [3.05, 3.63) is 94.5 Å². The Morgan fingerprint density at radius 2 is 1.72 bits per heavy atom. The lowest BCUT2D eigenvalue weighted by Crippen LogP contribution is -2.19. The second-order valence-electron chi connectivity index (χ2n) is 6.08. The number of nitro groups is 1. The highest BCUT2D eigenvalue weighted by Crippen LogP contribution is 2.37. The van der Waals surface area contributed by atoms with Crippen molar-refractivity contribution in [2.24, 2.45) is 0 Å². The maximum atomic E-state index is 13.1. The number of nitrogens with zero attached hydrogens (tertiary/aromatic N) is 1. The molecule has 148 valence electrons. The maximum absolute atomic E-state index is 13.1. The fraction of sp³-hybridized carbons (Fsp3) is 0.136. The molecule has 0 heterocycles. The summed E-state index contributed by atoms with van der Waals surface area (Å²) < 4.78 is 5.33. The molecule has 3 aromatic rings. The molecule has 1 amide bonds. The van der Waals surface area contributed by atoms with E-state index in [4.69, 9.17) is 4.74 Å². The number of rotatable bonds is 8. The SMILES string of the molecule is CCOc1ccc(NC(=O)[C@@H](Sc2ccccc2)c2ccccc2)c([N+](=O)[O-])c1. The molecule has 0 radical (unpaired) electrons. The zero-order chi connectivity index (χ0) is 20.6. The van der Waals surface area contributed by atoms with Crippen LogP contribution in [-0.2, 0) is 4.79 Å². The van der Waals surface area contributed by atoms with Gasteiger partial charge >= 0.3 is 0 Å². The number of hydrogen-bond acceptors (Lipinski definition) is 5. The number of thioether (sulfide) groups is 1. The fourth-order valence-electron chi connectivity index (χ4n) is 2.76. The van der Waals surface area contributed by atoms with Gasteiger partial charge in [0.1, 0.15) is 16.7 Å². The molecule has 0 aliphatic heterocycles. The lowest BCUT2D eigenvalue weighted by atomic mass is 10.1. The summed E-state index contributed by atoms with van der Waals surface area (Å²) in [6.45, 7) is 2.19. The van der Waals surface area contributed by atoms with E-state index in [1.807, 2.05) is 60.7 Å². The van der Waals surface area contributed by atoms with E-state index in [9.17, 15) is 14.9 Å². The molecule has 6 nitrogen and oxygen atoms in total. The van der Waals surface area contributed by atoms with Gasteiger partial charge in [-0.15, -0.1) is 11.8 Å². The molecule has 3 aromatic carbocycles. The third-order valence-electron chi connectivity index (χ3n) is 4.07.